The van der Waals surface area contributed by atoms with E-state index in [-0.39, 0.29) is 23.6 Å². The molecule has 0 saturated heterocycles. The fourth-order valence-corrected chi connectivity index (χ4v) is 0.641. The SMILES string of the molecule is Cl.O=C(O)CN=C1C=C(F)NN(F)N1. The van der Waals surface area contributed by atoms with Crippen LogP contribution in [0, 0.1) is 0 Å². The van der Waals surface area contributed by atoms with Crippen molar-refractivity contribution in [2.75, 3.05) is 6.54 Å². The lowest BCUT2D eigenvalue weighted by Crippen LogP contribution is -2.47. The van der Waals surface area contributed by atoms with Crippen LogP contribution in [-0.2, 0) is 4.79 Å². The van der Waals surface area contributed by atoms with Gasteiger partial charge < -0.3 is 5.11 Å². The van der Waals surface area contributed by atoms with Crippen LogP contribution < -0.4 is 10.9 Å². The van der Waals surface area contributed by atoms with E-state index in [9.17, 15) is 13.7 Å². The van der Waals surface area contributed by atoms with E-state index < -0.39 is 18.5 Å². The molecule has 1 rings (SSSR count). The number of amidine groups is 1. The fourth-order valence-electron chi connectivity index (χ4n) is 0.641. The van der Waals surface area contributed by atoms with E-state index in [1.807, 2.05) is 5.43 Å². The van der Waals surface area contributed by atoms with Crippen molar-refractivity contribution in [3.8, 4) is 0 Å². The van der Waals surface area contributed by atoms with Crippen LogP contribution >= 0.6 is 12.4 Å². The predicted molar refractivity (Wildman–Crippen MR) is 45.6 cm³/mol. The molecule has 0 aromatic heterocycles. The quantitative estimate of drug-likeness (QED) is 0.455. The number of nitrogens with zero attached hydrogens (tertiary/aromatic N) is 2. The van der Waals surface area contributed by atoms with Crippen LogP contribution in [0.3, 0.4) is 0 Å². The first-order valence-electron chi connectivity index (χ1n) is 3.20. The van der Waals surface area contributed by atoms with Gasteiger partial charge in [0.05, 0.1) is 0 Å². The normalized spacial score (nSPS) is 19.0. The molecule has 1 heterocycles. The van der Waals surface area contributed by atoms with Crippen LogP contribution in [0.25, 0.3) is 0 Å². The van der Waals surface area contributed by atoms with E-state index in [0.717, 1.165) is 6.08 Å². The Bertz CT molecular complexity index is 283. The van der Waals surface area contributed by atoms with Crippen molar-refractivity contribution < 1.29 is 18.8 Å². The summed E-state index contributed by atoms with van der Waals surface area (Å²) in [5.41, 5.74) is 3.55. The summed E-state index contributed by atoms with van der Waals surface area (Å²) in [7, 11) is 0. The summed E-state index contributed by atoms with van der Waals surface area (Å²) >= 11 is 0. The molecule has 0 bridgehead atoms. The van der Waals surface area contributed by atoms with Gasteiger partial charge in [0.25, 0.3) is 0 Å². The molecule has 0 spiro atoms. The number of carbonyl (C=O) groups is 1. The molecule has 9 heteroatoms. The van der Waals surface area contributed by atoms with E-state index in [4.69, 9.17) is 5.11 Å². The van der Waals surface area contributed by atoms with Crippen molar-refractivity contribution in [3.63, 3.8) is 0 Å². The summed E-state index contributed by atoms with van der Waals surface area (Å²) in [6, 6.07) is 0. The van der Waals surface area contributed by atoms with Gasteiger partial charge in [-0.15, -0.1) is 12.4 Å². The lowest BCUT2D eigenvalue weighted by molar-refractivity contribution is -0.135. The number of carboxylic acid groups (broad SMARTS) is 1. The number of hydrogen-bond acceptors (Lipinski definition) is 4. The average Bonchev–Trinajstić information content (AvgIpc) is 1.99. The highest BCUT2D eigenvalue weighted by atomic mass is 35.5. The smallest absolute Gasteiger partial charge is 0.325 e. The zero-order chi connectivity index (χ0) is 9.84. The topological polar surface area (TPSA) is 77.0 Å². The minimum atomic E-state index is -1.19. The maximum absolute atomic E-state index is 12.4. The van der Waals surface area contributed by atoms with Gasteiger partial charge in [0, 0.05) is 11.4 Å². The second kappa shape index (κ2) is 5.35. The van der Waals surface area contributed by atoms with E-state index in [1.54, 1.807) is 5.43 Å². The lowest BCUT2D eigenvalue weighted by atomic mass is 10.5. The minimum absolute atomic E-state index is 0. The molecule has 0 aromatic carbocycles. The average molecular weight is 229 g/mol. The Balaban J connectivity index is 0.00000169. The number of nitrogens with one attached hydrogen (secondary N) is 2. The highest BCUT2D eigenvalue weighted by Crippen LogP contribution is 1.99. The predicted octanol–water partition coefficient (Wildman–Crippen LogP) is -0.0885. The van der Waals surface area contributed by atoms with Gasteiger partial charge in [0.1, 0.15) is 12.4 Å². The van der Waals surface area contributed by atoms with Crippen LogP contribution in [0.1, 0.15) is 0 Å². The molecule has 6 nitrogen and oxygen atoms in total. The third kappa shape index (κ3) is 4.01. The van der Waals surface area contributed by atoms with Crippen molar-refractivity contribution in [2.45, 2.75) is 0 Å². The van der Waals surface area contributed by atoms with Gasteiger partial charge >= 0.3 is 5.97 Å². The summed E-state index contributed by atoms with van der Waals surface area (Å²) in [6.07, 6.45) is 0.832. The van der Waals surface area contributed by atoms with Gasteiger partial charge in [-0.05, 0) is 0 Å². The Morgan fingerprint density at radius 2 is 2.29 bits per heavy atom. The van der Waals surface area contributed by atoms with Crippen LogP contribution in [0.4, 0.5) is 8.87 Å². The summed E-state index contributed by atoms with van der Waals surface area (Å²) in [5.74, 6) is -2.36. The van der Waals surface area contributed by atoms with E-state index in [1.165, 1.54) is 0 Å². The van der Waals surface area contributed by atoms with Crippen LogP contribution in [0.15, 0.2) is 17.0 Å². The summed E-state index contributed by atoms with van der Waals surface area (Å²) in [5, 5.41) is 7.94. The summed E-state index contributed by atoms with van der Waals surface area (Å²) < 4.78 is 24.7. The number of hydrazine groups is 2. The molecule has 3 N–H and O–H groups in total. The van der Waals surface area contributed by atoms with Crippen molar-refractivity contribution in [1.82, 2.24) is 16.2 Å². The number of hydrogen-bond donors (Lipinski definition) is 3. The number of aliphatic carboxylic acids is 1. The van der Waals surface area contributed by atoms with E-state index in [2.05, 4.69) is 4.99 Å². The molecule has 0 atom stereocenters. The number of rotatable bonds is 2. The maximum atomic E-state index is 12.4. The maximum Gasteiger partial charge on any atom is 0.325 e. The van der Waals surface area contributed by atoms with Crippen LogP contribution in [0.2, 0.25) is 0 Å². The first-order valence-corrected chi connectivity index (χ1v) is 3.20. The molecule has 0 aliphatic carbocycles. The molecule has 0 fully saturated rings. The third-order valence-corrected chi connectivity index (χ3v) is 1.07. The highest BCUT2D eigenvalue weighted by molar-refractivity contribution is 5.94. The highest BCUT2D eigenvalue weighted by Gasteiger charge is 2.13. The third-order valence-electron chi connectivity index (χ3n) is 1.07. The van der Waals surface area contributed by atoms with Crippen LogP contribution in [-0.4, -0.2) is 28.8 Å². The molecule has 80 valence electrons. The molecule has 0 amide bonds. The van der Waals surface area contributed by atoms with Gasteiger partial charge in [-0.25, -0.2) is 5.43 Å². The first kappa shape index (κ1) is 12.6. The lowest BCUT2D eigenvalue weighted by Gasteiger charge is -2.18. The van der Waals surface area contributed by atoms with E-state index in [0.29, 0.717) is 0 Å². The Kier molecular flexibility index (Phi) is 4.81. The zero-order valence-corrected chi connectivity index (χ0v) is 7.52. The minimum Gasteiger partial charge on any atom is -0.480 e. The Hall–Kier alpha value is -1.41. The Morgan fingerprint density at radius 1 is 1.64 bits per heavy atom. The number of carboxylic acids is 1. The number of halogens is 3. The molecule has 1 aliphatic heterocycles. The first-order chi connectivity index (χ1) is 6.08. The van der Waals surface area contributed by atoms with Crippen molar-refractivity contribution in [3.05, 3.63) is 12.0 Å². The second-order valence-electron chi connectivity index (χ2n) is 2.09. The zero-order valence-electron chi connectivity index (χ0n) is 6.70. The molecule has 0 radical (unpaired) electrons. The largest absolute Gasteiger partial charge is 0.480 e. The molecule has 0 saturated carbocycles. The fraction of sp³-hybridized carbons (Fsp3) is 0.200. The summed E-state index contributed by atoms with van der Waals surface area (Å²) in [6.45, 7) is -0.556. The molecular formula is C5H7ClF2N4O2. The van der Waals surface area contributed by atoms with E-state index >= 15 is 0 Å². The van der Waals surface area contributed by atoms with Crippen molar-refractivity contribution >= 4 is 24.2 Å². The Labute approximate surface area is 83.6 Å². The van der Waals surface area contributed by atoms with Crippen molar-refractivity contribution in [2.24, 2.45) is 4.99 Å². The molecular weight excluding hydrogens is 222 g/mol. The molecule has 0 unspecified atom stereocenters. The van der Waals surface area contributed by atoms with Gasteiger partial charge in [0.15, 0.2) is 0 Å². The Morgan fingerprint density at radius 3 is 2.79 bits per heavy atom. The van der Waals surface area contributed by atoms with Crippen molar-refractivity contribution in [1.29, 1.82) is 0 Å². The monoisotopic (exact) mass is 228 g/mol. The van der Waals surface area contributed by atoms with Gasteiger partial charge in [-0.2, -0.15) is 4.39 Å². The standard InChI is InChI=1S/C5H6F2N4O2.ClH/c6-3-1-4(8-2-5(12)13)10-11(7)9-3;/h1,9H,2H2,(H,8,10)(H,12,13);1H. The molecule has 14 heavy (non-hydrogen) atoms. The van der Waals surface area contributed by atoms with Gasteiger partial charge in [-0.3, -0.25) is 15.2 Å². The molecule has 0 aromatic rings. The molecule has 1 aliphatic rings. The summed E-state index contributed by atoms with van der Waals surface area (Å²) in [4.78, 5) is 13.4. The van der Waals surface area contributed by atoms with Gasteiger partial charge in [0.2, 0.25) is 5.95 Å². The second-order valence-corrected chi connectivity index (χ2v) is 2.09. The number of aliphatic imine (C=N–C) groups is 1. The van der Waals surface area contributed by atoms with Gasteiger partial charge in [-0.1, -0.05) is 4.48 Å². The van der Waals surface area contributed by atoms with Crippen LogP contribution in [0.5, 0.6) is 0 Å².